The van der Waals surface area contributed by atoms with Gasteiger partial charge in [-0.05, 0) is 18.2 Å². The third-order valence-corrected chi connectivity index (χ3v) is 4.37. The number of H-pyrrole nitrogens is 1. The topological polar surface area (TPSA) is 80.1 Å². The van der Waals surface area contributed by atoms with Gasteiger partial charge in [-0.15, -0.1) is 0 Å². The second kappa shape index (κ2) is 5.98. The molecule has 2 amide bonds. The lowest BCUT2D eigenvalue weighted by Crippen LogP contribution is -2.31. The lowest BCUT2D eigenvalue weighted by molar-refractivity contribution is 0.191. The maximum Gasteiger partial charge on any atom is 0.312 e. The highest BCUT2D eigenvalue weighted by atomic mass is 19.1. The molecule has 0 spiro atoms. The number of halogens is 3. The van der Waals surface area contributed by atoms with Crippen LogP contribution in [0.3, 0.4) is 0 Å². The fourth-order valence-electron chi connectivity index (χ4n) is 3.33. The Kier molecular flexibility index (Phi) is 3.75. The van der Waals surface area contributed by atoms with E-state index in [2.05, 4.69) is 10.3 Å². The molecule has 134 valence electrons. The molecule has 0 aliphatic carbocycles. The summed E-state index contributed by atoms with van der Waals surface area (Å²) in [5.41, 5.74) is 6.86. The molecule has 2 heterocycles. The van der Waals surface area contributed by atoms with E-state index in [9.17, 15) is 18.0 Å². The van der Waals surface area contributed by atoms with E-state index in [1.807, 2.05) is 0 Å². The van der Waals surface area contributed by atoms with Crippen molar-refractivity contribution >= 4 is 16.9 Å². The number of fused-ring (bicyclic) bond motifs is 5. The highest BCUT2D eigenvalue weighted by Gasteiger charge is 2.31. The summed E-state index contributed by atoms with van der Waals surface area (Å²) in [5.74, 6) is -1.63. The Morgan fingerprint density at radius 3 is 2.77 bits per heavy atom. The van der Waals surface area contributed by atoms with Crippen LogP contribution < -0.4 is 15.8 Å². The van der Waals surface area contributed by atoms with E-state index in [1.54, 1.807) is 0 Å². The van der Waals surface area contributed by atoms with E-state index in [-0.39, 0.29) is 24.2 Å². The second-order valence-corrected chi connectivity index (χ2v) is 6.05. The van der Waals surface area contributed by atoms with Gasteiger partial charge in [0.1, 0.15) is 29.3 Å². The fraction of sp³-hybridized carbons (Fsp3) is 0.167. The summed E-state index contributed by atoms with van der Waals surface area (Å²) in [4.78, 5) is 13.9. The van der Waals surface area contributed by atoms with E-state index in [1.165, 1.54) is 24.3 Å². The monoisotopic (exact) mass is 361 g/mol. The van der Waals surface area contributed by atoms with Crippen LogP contribution in [0.4, 0.5) is 18.0 Å². The van der Waals surface area contributed by atoms with Crippen molar-refractivity contribution in [1.82, 2.24) is 10.3 Å². The number of primary amides is 1. The molecule has 1 aliphatic rings. The zero-order chi connectivity index (χ0) is 18.4. The van der Waals surface area contributed by atoms with E-state index >= 15 is 0 Å². The molecule has 0 saturated carbocycles. The molecule has 0 fully saturated rings. The van der Waals surface area contributed by atoms with Gasteiger partial charge in [-0.1, -0.05) is 0 Å². The third-order valence-electron chi connectivity index (χ3n) is 4.37. The first-order chi connectivity index (χ1) is 12.4. The first-order valence-electron chi connectivity index (χ1n) is 7.94. The molecule has 4 rings (SSSR count). The number of amides is 2. The largest absolute Gasteiger partial charge is 0.485 e. The SMILES string of the molecule is NC(=O)NCCC1Oc2cc(F)ccc2-c2[nH]c3c(F)cc(F)cc3c21. The number of urea groups is 1. The van der Waals surface area contributed by atoms with Crippen LogP contribution in [0.25, 0.3) is 22.2 Å². The molecule has 0 radical (unpaired) electrons. The molecule has 2 aromatic carbocycles. The molecule has 26 heavy (non-hydrogen) atoms. The number of ether oxygens (including phenoxy) is 1. The van der Waals surface area contributed by atoms with Crippen LogP contribution in [0.1, 0.15) is 18.1 Å². The van der Waals surface area contributed by atoms with Gasteiger partial charge in [0.15, 0.2) is 0 Å². The predicted octanol–water partition coefficient (Wildman–Crippen LogP) is 3.74. The molecule has 1 aliphatic heterocycles. The molecule has 4 N–H and O–H groups in total. The van der Waals surface area contributed by atoms with Gasteiger partial charge in [0, 0.05) is 41.6 Å². The molecule has 1 atom stereocenters. The standard InChI is InChI=1S/C18H14F3N3O2/c19-8-1-2-10-14(7-8)26-13(3-4-23-18(22)25)15-11-5-9(20)6-12(21)16(11)24-17(10)15/h1-2,5-7,13,24H,3-4H2,(H3,22,23,25). The van der Waals surface area contributed by atoms with Crippen molar-refractivity contribution in [3.63, 3.8) is 0 Å². The summed E-state index contributed by atoms with van der Waals surface area (Å²) in [5, 5.41) is 2.79. The van der Waals surface area contributed by atoms with Gasteiger partial charge in [-0.2, -0.15) is 0 Å². The van der Waals surface area contributed by atoms with E-state index in [4.69, 9.17) is 10.5 Å². The van der Waals surface area contributed by atoms with Crippen molar-refractivity contribution in [2.75, 3.05) is 6.54 Å². The van der Waals surface area contributed by atoms with E-state index in [0.29, 0.717) is 22.2 Å². The number of hydrogen-bond donors (Lipinski definition) is 3. The van der Waals surface area contributed by atoms with Crippen LogP contribution >= 0.6 is 0 Å². The molecular formula is C18H14F3N3O2. The van der Waals surface area contributed by atoms with Gasteiger partial charge in [0.2, 0.25) is 0 Å². The van der Waals surface area contributed by atoms with E-state index < -0.39 is 29.6 Å². The number of hydrogen-bond acceptors (Lipinski definition) is 2. The van der Waals surface area contributed by atoms with Gasteiger partial charge in [-0.25, -0.2) is 18.0 Å². The van der Waals surface area contributed by atoms with Crippen molar-refractivity contribution in [3.05, 3.63) is 53.3 Å². The lowest BCUT2D eigenvalue weighted by atomic mass is 9.95. The van der Waals surface area contributed by atoms with Crippen molar-refractivity contribution < 1.29 is 22.7 Å². The summed E-state index contributed by atoms with van der Waals surface area (Å²) in [6.07, 6.45) is -0.349. The smallest absolute Gasteiger partial charge is 0.312 e. The Labute approximate surface area is 145 Å². The van der Waals surface area contributed by atoms with Crippen LogP contribution in [-0.2, 0) is 0 Å². The number of aromatic amines is 1. The molecule has 0 saturated heterocycles. The van der Waals surface area contributed by atoms with Crippen LogP contribution in [0, 0.1) is 17.5 Å². The maximum absolute atomic E-state index is 14.2. The normalized spacial score (nSPS) is 15.3. The highest BCUT2D eigenvalue weighted by molar-refractivity contribution is 5.93. The summed E-state index contributed by atoms with van der Waals surface area (Å²) in [6, 6.07) is 5.34. The molecule has 1 aromatic heterocycles. The summed E-state index contributed by atoms with van der Waals surface area (Å²) in [6.45, 7) is 0.189. The Hall–Kier alpha value is -3.16. The summed E-state index contributed by atoms with van der Waals surface area (Å²) in [7, 11) is 0. The molecule has 5 nitrogen and oxygen atoms in total. The number of nitrogens with one attached hydrogen (secondary N) is 2. The number of aromatic nitrogens is 1. The average Bonchev–Trinajstić information content (AvgIpc) is 2.94. The number of rotatable bonds is 3. The minimum Gasteiger partial charge on any atom is -0.485 e. The number of carbonyl (C=O) groups is 1. The van der Waals surface area contributed by atoms with Crippen LogP contribution in [-0.4, -0.2) is 17.6 Å². The zero-order valence-electron chi connectivity index (χ0n) is 13.4. The van der Waals surface area contributed by atoms with Crippen molar-refractivity contribution in [3.8, 4) is 17.0 Å². The van der Waals surface area contributed by atoms with Gasteiger partial charge in [0.05, 0.1) is 11.2 Å². The first kappa shape index (κ1) is 16.3. The van der Waals surface area contributed by atoms with Gasteiger partial charge >= 0.3 is 6.03 Å². The summed E-state index contributed by atoms with van der Waals surface area (Å²) >= 11 is 0. The van der Waals surface area contributed by atoms with Gasteiger partial charge in [-0.3, -0.25) is 0 Å². The molecular weight excluding hydrogens is 347 g/mol. The second-order valence-electron chi connectivity index (χ2n) is 6.05. The Morgan fingerprint density at radius 2 is 2.00 bits per heavy atom. The summed E-state index contributed by atoms with van der Waals surface area (Å²) < 4.78 is 47.4. The Morgan fingerprint density at radius 1 is 1.19 bits per heavy atom. The zero-order valence-corrected chi connectivity index (χ0v) is 13.4. The number of nitrogens with two attached hydrogens (primary N) is 1. The minimum atomic E-state index is -0.730. The molecule has 8 heteroatoms. The van der Waals surface area contributed by atoms with Crippen molar-refractivity contribution in [2.45, 2.75) is 12.5 Å². The van der Waals surface area contributed by atoms with Gasteiger partial charge in [0.25, 0.3) is 0 Å². The van der Waals surface area contributed by atoms with Crippen LogP contribution in [0.5, 0.6) is 5.75 Å². The van der Waals surface area contributed by atoms with Crippen molar-refractivity contribution in [2.24, 2.45) is 5.73 Å². The first-order valence-corrected chi connectivity index (χ1v) is 7.94. The predicted molar refractivity (Wildman–Crippen MR) is 89.2 cm³/mol. The Balaban J connectivity index is 1.88. The van der Waals surface area contributed by atoms with E-state index in [0.717, 1.165) is 6.07 Å². The lowest BCUT2D eigenvalue weighted by Gasteiger charge is -2.27. The quantitative estimate of drug-likeness (QED) is 0.664. The fourth-order valence-corrected chi connectivity index (χ4v) is 3.33. The average molecular weight is 361 g/mol. The van der Waals surface area contributed by atoms with Gasteiger partial charge < -0.3 is 20.8 Å². The number of carbonyl (C=O) groups excluding carboxylic acids is 1. The number of benzene rings is 2. The molecule has 1 unspecified atom stereocenters. The van der Waals surface area contributed by atoms with Crippen LogP contribution in [0.2, 0.25) is 0 Å². The molecule has 3 aromatic rings. The molecule has 0 bridgehead atoms. The highest BCUT2D eigenvalue weighted by Crippen LogP contribution is 2.46. The minimum absolute atomic E-state index is 0.144. The van der Waals surface area contributed by atoms with Crippen molar-refractivity contribution in [1.29, 1.82) is 0 Å². The maximum atomic E-state index is 14.2. The Bertz CT molecular complexity index is 1030. The third kappa shape index (κ3) is 2.63. The van der Waals surface area contributed by atoms with Crippen LogP contribution in [0.15, 0.2) is 30.3 Å².